The molecule has 0 aromatic carbocycles. The number of rotatable bonds is 4. The van der Waals surface area contributed by atoms with E-state index < -0.39 is 0 Å². The summed E-state index contributed by atoms with van der Waals surface area (Å²) in [6.07, 6.45) is 5.70. The van der Waals surface area contributed by atoms with Crippen LogP contribution in [0.25, 0.3) is 0 Å². The Morgan fingerprint density at radius 1 is 1.50 bits per heavy atom. The van der Waals surface area contributed by atoms with Gasteiger partial charge in [0.15, 0.2) is 0 Å². The van der Waals surface area contributed by atoms with Gasteiger partial charge in [0, 0.05) is 18.3 Å². The molecule has 0 amide bonds. The maximum atomic E-state index is 5.30. The first-order chi connectivity index (χ1) is 8.74. The van der Waals surface area contributed by atoms with E-state index in [0.717, 1.165) is 18.2 Å². The molecule has 0 aliphatic carbocycles. The van der Waals surface area contributed by atoms with Crippen LogP contribution in [0.5, 0.6) is 5.88 Å². The van der Waals surface area contributed by atoms with Gasteiger partial charge in [-0.2, -0.15) is 0 Å². The molecule has 100 valence electrons. The Kier molecular flexibility index (Phi) is 4.59. The van der Waals surface area contributed by atoms with E-state index in [0.29, 0.717) is 0 Å². The molecule has 0 saturated carbocycles. The second kappa shape index (κ2) is 6.19. The van der Waals surface area contributed by atoms with E-state index in [1.807, 2.05) is 6.20 Å². The Bertz CT molecular complexity index is 392. The summed E-state index contributed by atoms with van der Waals surface area (Å²) in [7, 11) is 1.69. The summed E-state index contributed by atoms with van der Waals surface area (Å²) in [6, 6.07) is 2.14. The summed E-state index contributed by atoms with van der Waals surface area (Å²) >= 11 is 0. The summed E-state index contributed by atoms with van der Waals surface area (Å²) in [4.78, 5) is 6.81. The lowest BCUT2D eigenvalue weighted by molar-refractivity contribution is 0.182. The van der Waals surface area contributed by atoms with Gasteiger partial charge in [-0.15, -0.1) is 0 Å². The first-order valence-corrected chi connectivity index (χ1v) is 6.95. The monoisotopic (exact) mass is 248 g/mol. The zero-order valence-electron chi connectivity index (χ0n) is 11.8. The van der Waals surface area contributed by atoms with Crippen LogP contribution >= 0.6 is 0 Å². The molecule has 2 heterocycles. The van der Waals surface area contributed by atoms with Gasteiger partial charge in [0.05, 0.1) is 7.11 Å². The molecule has 0 bridgehead atoms. The molecule has 1 aromatic rings. The zero-order chi connectivity index (χ0) is 13.0. The van der Waals surface area contributed by atoms with Gasteiger partial charge in [-0.25, -0.2) is 4.98 Å². The van der Waals surface area contributed by atoms with E-state index in [1.165, 1.54) is 43.6 Å². The lowest BCUT2D eigenvalue weighted by Crippen LogP contribution is -2.36. The zero-order valence-corrected chi connectivity index (χ0v) is 11.8. The van der Waals surface area contributed by atoms with Crippen molar-refractivity contribution in [3.05, 3.63) is 23.4 Å². The molecule has 1 aliphatic rings. The summed E-state index contributed by atoms with van der Waals surface area (Å²) in [5.74, 6) is 1.56. The molecule has 1 unspecified atom stereocenters. The van der Waals surface area contributed by atoms with Crippen molar-refractivity contribution in [2.24, 2.45) is 5.92 Å². The quantitative estimate of drug-likeness (QED) is 0.819. The van der Waals surface area contributed by atoms with Crippen molar-refractivity contribution >= 4 is 0 Å². The van der Waals surface area contributed by atoms with Gasteiger partial charge in [-0.3, -0.25) is 0 Å². The van der Waals surface area contributed by atoms with Crippen molar-refractivity contribution in [2.75, 3.05) is 26.7 Å². The van der Waals surface area contributed by atoms with Crippen LogP contribution in [0.15, 0.2) is 12.3 Å². The van der Waals surface area contributed by atoms with E-state index in [9.17, 15) is 0 Å². The first kappa shape index (κ1) is 13.3. The average Bonchev–Trinajstić information content (AvgIpc) is 2.41. The Morgan fingerprint density at radius 2 is 2.33 bits per heavy atom. The van der Waals surface area contributed by atoms with Crippen LogP contribution in [-0.4, -0.2) is 36.6 Å². The molecular formula is C15H24N2O. The number of aromatic nitrogens is 1. The molecule has 1 atom stereocenters. The van der Waals surface area contributed by atoms with Crippen molar-refractivity contribution in [3.63, 3.8) is 0 Å². The van der Waals surface area contributed by atoms with Crippen molar-refractivity contribution in [2.45, 2.75) is 33.1 Å². The van der Waals surface area contributed by atoms with E-state index in [2.05, 4.69) is 29.8 Å². The second-order valence-corrected chi connectivity index (χ2v) is 5.21. The minimum absolute atomic E-state index is 0.774. The van der Waals surface area contributed by atoms with Crippen LogP contribution in [0.4, 0.5) is 0 Å². The standard InChI is InChI=1S/C15H24N2O/c1-4-17-9-5-6-13(11-17)10-14-7-8-16-15(18-3)12(14)2/h7-8,13H,4-6,9-11H2,1-3H3. The predicted molar refractivity (Wildman–Crippen MR) is 74.1 cm³/mol. The Morgan fingerprint density at radius 3 is 3.06 bits per heavy atom. The number of likely N-dealkylation sites (tertiary alicyclic amines) is 1. The van der Waals surface area contributed by atoms with Gasteiger partial charge < -0.3 is 9.64 Å². The lowest BCUT2D eigenvalue weighted by Gasteiger charge is -2.32. The minimum atomic E-state index is 0.774. The number of piperidine rings is 1. The third-order valence-corrected chi connectivity index (χ3v) is 4.02. The molecule has 1 fully saturated rings. The summed E-state index contributed by atoms with van der Waals surface area (Å²) < 4.78 is 5.30. The Hall–Kier alpha value is -1.09. The van der Waals surface area contributed by atoms with E-state index in [-0.39, 0.29) is 0 Å². The maximum absolute atomic E-state index is 5.30. The third kappa shape index (κ3) is 3.02. The van der Waals surface area contributed by atoms with Crippen LogP contribution < -0.4 is 4.74 Å². The number of methoxy groups -OCH3 is 1. The highest BCUT2D eigenvalue weighted by molar-refractivity contribution is 5.33. The molecule has 0 spiro atoms. The molecule has 3 heteroatoms. The molecule has 0 N–H and O–H groups in total. The van der Waals surface area contributed by atoms with E-state index in [4.69, 9.17) is 4.74 Å². The van der Waals surface area contributed by atoms with Crippen LogP contribution in [0, 0.1) is 12.8 Å². The Balaban J connectivity index is 2.04. The van der Waals surface area contributed by atoms with Gasteiger partial charge >= 0.3 is 0 Å². The topological polar surface area (TPSA) is 25.4 Å². The minimum Gasteiger partial charge on any atom is -0.481 e. The van der Waals surface area contributed by atoms with E-state index in [1.54, 1.807) is 7.11 Å². The lowest BCUT2D eigenvalue weighted by atomic mass is 9.90. The van der Waals surface area contributed by atoms with Crippen molar-refractivity contribution in [1.82, 2.24) is 9.88 Å². The number of pyridine rings is 1. The Labute approximate surface area is 110 Å². The molecule has 1 aromatic heterocycles. The molecule has 2 rings (SSSR count). The highest BCUT2D eigenvalue weighted by Gasteiger charge is 2.20. The number of ether oxygens (including phenoxy) is 1. The second-order valence-electron chi connectivity index (χ2n) is 5.21. The molecule has 0 radical (unpaired) electrons. The average molecular weight is 248 g/mol. The highest BCUT2D eigenvalue weighted by atomic mass is 16.5. The van der Waals surface area contributed by atoms with Gasteiger partial charge in [-0.05, 0) is 56.8 Å². The number of hydrogen-bond donors (Lipinski definition) is 0. The van der Waals surface area contributed by atoms with Gasteiger partial charge in [-0.1, -0.05) is 6.92 Å². The summed E-state index contributed by atoms with van der Waals surface area (Å²) in [6.45, 7) is 8.05. The van der Waals surface area contributed by atoms with Crippen LogP contribution in [0.2, 0.25) is 0 Å². The normalized spacial score (nSPS) is 20.9. The maximum Gasteiger partial charge on any atom is 0.216 e. The SMILES string of the molecule is CCN1CCCC(Cc2ccnc(OC)c2C)C1. The van der Waals surface area contributed by atoms with Crippen LogP contribution in [0.1, 0.15) is 30.9 Å². The fourth-order valence-electron chi connectivity index (χ4n) is 2.90. The first-order valence-electron chi connectivity index (χ1n) is 6.95. The molecule has 18 heavy (non-hydrogen) atoms. The van der Waals surface area contributed by atoms with Crippen LogP contribution in [0.3, 0.4) is 0 Å². The molecule has 1 saturated heterocycles. The van der Waals surface area contributed by atoms with Gasteiger partial charge in [0.2, 0.25) is 5.88 Å². The smallest absolute Gasteiger partial charge is 0.216 e. The van der Waals surface area contributed by atoms with Crippen molar-refractivity contribution in [3.8, 4) is 5.88 Å². The predicted octanol–water partition coefficient (Wildman–Crippen LogP) is 2.67. The largest absolute Gasteiger partial charge is 0.481 e. The molecule has 1 aliphatic heterocycles. The van der Waals surface area contributed by atoms with Crippen molar-refractivity contribution in [1.29, 1.82) is 0 Å². The van der Waals surface area contributed by atoms with Crippen molar-refractivity contribution < 1.29 is 4.74 Å². The van der Waals surface area contributed by atoms with E-state index >= 15 is 0 Å². The van der Waals surface area contributed by atoms with Gasteiger partial charge in [0.25, 0.3) is 0 Å². The summed E-state index contributed by atoms with van der Waals surface area (Å²) in [5, 5.41) is 0. The summed E-state index contributed by atoms with van der Waals surface area (Å²) in [5.41, 5.74) is 2.60. The molecular weight excluding hydrogens is 224 g/mol. The third-order valence-electron chi connectivity index (χ3n) is 4.02. The number of nitrogens with zero attached hydrogens (tertiary/aromatic N) is 2. The fraction of sp³-hybridized carbons (Fsp3) is 0.667. The van der Waals surface area contributed by atoms with Gasteiger partial charge in [0.1, 0.15) is 0 Å². The van der Waals surface area contributed by atoms with Crippen LogP contribution in [-0.2, 0) is 6.42 Å². The fourth-order valence-corrected chi connectivity index (χ4v) is 2.90. The number of hydrogen-bond acceptors (Lipinski definition) is 3. The highest BCUT2D eigenvalue weighted by Crippen LogP contribution is 2.25. The molecule has 3 nitrogen and oxygen atoms in total.